The number of amides is 1. The van der Waals surface area contributed by atoms with Crippen molar-refractivity contribution in [2.24, 2.45) is 0 Å². The van der Waals surface area contributed by atoms with Gasteiger partial charge in [0.25, 0.3) is 5.91 Å². The molecule has 4 rings (SSSR count). The van der Waals surface area contributed by atoms with Crippen LogP contribution in [0.1, 0.15) is 22.3 Å². The molecule has 0 bridgehead atoms. The number of hydrogen-bond donors (Lipinski definition) is 0. The minimum Gasteiger partial charge on any atom is -0.362 e. The molecule has 3 heterocycles. The molecule has 0 unspecified atom stereocenters. The van der Waals surface area contributed by atoms with Gasteiger partial charge in [-0.1, -0.05) is 12.1 Å². The fourth-order valence-corrected chi connectivity index (χ4v) is 3.53. The summed E-state index contributed by atoms with van der Waals surface area (Å²) >= 11 is 0. The predicted molar refractivity (Wildman–Crippen MR) is 100 cm³/mol. The van der Waals surface area contributed by atoms with Crippen molar-refractivity contribution in [3.05, 3.63) is 59.9 Å². The van der Waals surface area contributed by atoms with Crippen LogP contribution in [0.25, 0.3) is 10.9 Å². The van der Waals surface area contributed by atoms with Gasteiger partial charge in [-0.05, 0) is 37.1 Å². The molecule has 5 heteroatoms. The molecule has 5 nitrogen and oxygen atoms in total. The number of hydrogen-bond acceptors (Lipinski definition) is 4. The summed E-state index contributed by atoms with van der Waals surface area (Å²) in [7, 11) is 3.97. The first-order valence-electron chi connectivity index (χ1n) is 8.47. The zero-order chi connectivity index (χ0) is 17.4. The lowest BCUT2D eigenvalue weighted by Crippen LogP contribution is -2.36. The van der Waals surface area contributed by atoms with Crippen LogP contribution in [0.4, 0.5) is 11.5 Å². The fraction of sp³-hybridized carbons (Fsp3) is 0.250. The van der Waals surface area contributed by atoms with Crippen molar-refractivity contribution in [2.75, 3.05) is 30.4 Å². The summed E-state index contributed by atoms with van der Waals surface area (Å²) in [6, 6.07) is 11.5. The molecule has 0 saturated heterocycles. The summed E-state index contributed by atoms with van der Waals surface area (Å²) in [6.07, 6.45) is 5.41. The van der Waals surface area contributed by atoms with Crippen LogP contribution in [0.5, 0.6) is 0 Å². The second-order valence-electron chi connectivity index (χ2n) is 6.46. The molecule has 1 aromatic carbocycles. The van der Waals surface area contributed by atoms with Crippen molar-refractivity contribution in [1.82, 2.24) is 9.97 Å². The zero-order valence-corrected chi connectivity index (χ0v) is 14.4. The topological polar surface area (TPSA) is 49.3 Å². The van der Waals surface area contributed by atoms with Crippen molar-refractivity contribution in [2.45, 2.75) is 12.8 Å². The Morgan fingerprint density at radius 2 is 1.96 bits per heavy atom. The predicted octanol–water partition coefficient (Wildman–Crippen LogP) is 3.29. The van der Waals surface area contributed by atoms with Gasteiger partial charge in [-0.3, -0.25) is 9.78 Å². The number of aromatic nitrogens is 2. The van der Waals surface area contributed by atoms with Crippen LogP contribution in [0.3, 0.4) is 0 Å². The summed E-state index contributed by atoms with van der Waals surface area (Å²) in [6.45, 7) is 0.722. The number of fused-ring (bicyclic) bond motifs is 2. The second-order valence-corrected chi connectivity index (χ2v) is 6.46. The van der Waals surface area contributed by atoms with Crippen LogP contribution in [-0.2, 0) is 6.42 Å². The highest BCUT2D eigenvalue weighted by molar-refractivity contribution is 6.14. The van der Waals surface area contributed by atoms with E-state index >= 15 is 0 Å². The standard InChI is InChI=1S/C20H20N4O/c1-23(2)19-16-8-5-13-24(18(16)10-12-22-19)20(25)15-6-3-9-17-14(15)7-4-11-21-17/h3-4,6-7,9-12H,5,8,13H2,1-2H3. The van der Waals surface area contributed by atoms with Crippen molar-refractivity contribution in [3.8, 4) is 0 Å². The molecular formula is C20H20N4O. The number of nitrogens with zero attached hydrogens (tertiary/aromatic N) is 4. The Bertz CT molecular complexity index is 946. The maximum absolute atomic E-state index is 13.3. The molecule has 0 radical (unpaired) electrons. The third-order valence-corrected chi connectivity index (χ3v) is 4.65. The Labute approximate surface area is 146 Å². The Kier molecular flexibility index (Phi) is 3.84. The van der Waals surface area contributed by atoms with E-state index in [1.165, 1.54) is 0 Å². The van der Waals surface area contributed by atoms with Crippen molar-refractivity contribution >= 4 is 28.3 Å². The summed E-state index contributed by atoms with van der Waals surface area (Å²) in [5.74, 6) is 0.963. The average molecular weight is 332 g/mol. The molecular weight excluding hydrogens is 312 g/mol. The van der Waals surface area contributed by atoms with E-state index in [1.807, 2.05) is 60.3 Å². The molecule has 25 heavy (non-hydrogen) atoms. The molecule has 1 aliphatic heterocycles. The molecule has 3 aromatic rings. The van der Waals surface area contributed by atoms with Gasteiger partial charge in [-0.2, -0.15) is 0 Å². The minimum atomic E-state index is 0.0236. The molecule has 2 aromatic heterocycles. The Balaban J connectivity index is 1.81. The number of rotatable bonds is 2. The summed E-state index contributed by atoms with van der Waals surface area (Å²) in [5, 5.41) is 0.893. The van der Waals surface area contributed by atoms with Gasteiger partial charge in [0.1, 0.15) is 5.82 Å². The number of carbonyl (C=O) groups is 1. The normalized spacial score (nSPS) is 13.6. The monoisotopic (exact) mass is 332 g/mol. The van der Waals surface area contributed by atoms with Gasteiger partial charge in [-0.25, -0.2) is 4.98 Å². The number of benzene rings is 1. The Morgan fingerprint density at radius 1 is 1.08 bits per heavy atom. The lowest BCUT2D eigenvalue weighted by molar-refractivity contribution is 0.0986. The summed E-state index contributed by atoms with van der Waals surface area (Å²) in [4.78, 5) is 26.1. The number of pyridine rings is 2. The summed E-state index contributed by atoms with van der Waals surface area (Å²) < 4.78 is 0. The number of anilines is 2. The van der Waals surface area contributed by atoms with Gasteiger partial charge in [-0.15, -0.1) is 0 Å². The minimum absolute atomic E-state index is 0.0236. The highest BCUT2D eigenvalue weighted by Gasteiger charge is 2.27. The van der Waals surface area contributed by atoms with Crippen molar-refractivity contribution in [3.63, 3.8) is 0 Å². The van der Waals surface area contributed by atoms with E-state index in [0.29, 0.717) is 5.56 Å². The Morgan fingerprint density at radius 3 is 2.80 bits per heavy atom. The SMILES string of the molecule is CN(C)c1nccc2c1CCCN2C(=O)c1cccc2ncccc12. The maximum atomic E-state index is 13.3. The van der Waals surface area contributed by atoms with E-state index in [4.69, 9.17) is 0 Å². The quantitative estimate of drug-likeness (QED) is 0.722. The molecule has 0 fully saturated rings. The highest BCUT2D eigenvalue weighted by atomic mass is 16.2. The van der Waals surface area contributed by atoms with E-state index in [-0.39, 0.29) is 5.91 Å². The average Bonchev–Trinajstić information content (AvgIpc) is 2.66. The molecule has 0 N–H and O–H groups in total. The van der Waals surface area contributed by atoms with Gasteiger partial charge in [0, 0.05) is 49.5 Å². The maximum Gasteiger partial charge on any atom is 0.258 e. The highest BCUT2D eigenvalue weighted by Crippen LogP contribution is 2.34. The molecule has 126 valence electrons. The lowest BCUT2D eigenvalue weighted by Gasteiger charge is -2.31. The van der Waals surface area contributed by atoms with E-state index in [1.54, 1.807) is 12.4 Å². The molecule has 0 aliphatic carbocycles. The molecule has 1 aliphatic rings. The van der Waals surface area contributed by atoms with Gasteiger partial charge in [0.05, 0.1) is 11.2 Å². The van der Waals surface area contributed by atoms with Crippen LogP contribution in [0.2, 0.25) is 0 Å². The Hall–Kier alpha value is -2.95. The smallest absolute Gasteiger partial charge is 0.258 e. The van der Waals surface area contributed by atoms with Crippen molar-refractivity contribution < 1.29 is 4.79 Å². The van der Waals surface area contributed by atoms with Crippen LogP contribution in [0.15, 0.2) is 48.8 Å². The second kappa shape index (κ2) is 6.16. The van der Waals surface area contributed by atoms with Crippen LogP contribution in [-0.4, -0.2) is 36.5 Å². The van der Waals surface area contributed by atoms with Gasteiger partial charge in [0.15, 0.2) is 0 Å². The first-order chi connectivity index (χ1) is 12.2. The van der Waals surface area contributed by atoms with Gasteiger partial charge in [0.2, 0.25) is 0 Å². The number of carbonyl (C=O) groups excluding carboxylic acids is 1. The fourth-order valence-electron chi connectivity index (χ4n) is 3.53. The van der Waals surface area contributed by atoms with E-state index in [9.17, 15) is 4.79 Å². The zero-order valence-electron chi connectivity index (χ0n) is 14.4. The van der Waals surface area contributed by atoms with Crippen molar-refractivity contribution in [1.29, 1.82) is 0 Å². The summed E-state index contributed by atoms with van der Waals surface area (Å²) in [5.41, 5.74) is 3.65. The molecule has 0 atom stereocenters. The van der Waals surface area contributed by atoms with Crippen LogP contribution >= 0.6 is 0 Å². The lowest BCUT2D eigenvalue weighted by atomic mass is 10.00. The van der Waals surface area contributed by atoms with E-state index < -0.39 is 0 Å². The molecule has 1 amide bonds. The van der Waals surface area contributed by atoms with Gasteiger partial charge >= 0.3 is 0 Å². The van der Waals surface area contributed by atoms with E-state index in [0.717, 1.165) is 47.4 Å². The third-order valence-electron chi connectivity index (χ3n) is 4.65. The van der Waals surface area contributed by atoms with Crippen LogP contribution < -0.4 is 9.80 Å². The van der Waals surface area contributed by atoms with Crippen LogP contribution in [0, 0.1) is 0 Å². The van der Waals surface area contributed by atoms with Gasteiger partial charge < -0.3 is 9.80 Å². The first kappa shape index (κ1) is 15.6. The van der Waals surface area contributed by atoms with E-state index in [2.05, 4.69) is 9.97 Å². The first-order valence-corrected chi connectivity index (χ1v) is 8.47. The third kappa shape index (κ3) is 2.61. The largest absolute Gasteiger partial charge is 0.362 e. The molecule has 0 saturated carbocycles. The molecule has 0 spiro atoms.